The highest BCUT2D eigenvalue weighted by Gasteiger charge is 2.14. The third-order valence-corrected chi connectivity index (χ3v) is 3.46. The van der Waals surface area contributed by atoms with Crippen LogP contribution in [0.4, 0.5) is 0 Å². The van der Waals surface area contributed by atoms with Crippen molar-refractivity contribution in [2.45, 2.75) is 6.10 Å². The second kappa shape index (κ2) is 4.85. The van der Waals surface area contributed by atoms with Crippen molar-refractivity contribution in [2.75, 3.05) is 0 Å². The number of imidazole rings is 1. The van der Waals surface area contributed by atoms with Crippen LogP contribution < -0.4 is 0 Å². The number of nitriles is 1. The van der Waals surface area contributed by atoms with Crippen LogP contribution >= 0.6 is 22.6 Å². The highest BCUT2D eigenvalue weighted by Crippen LogP contribution is 2.24. The topological polar surface area (TPSA) is 61.8 Å². The first-order chi connectivity index (χ1) is 8.13. The van der Waals surface area contributed by atoms with E-state index in [1.807, 2.05) is 13.1 Å². The summed E-state index contributed by atoms with van der Waals surface area (Å²) < 4.78 is 2.61. The first-order valence-electron chi connectivity index (χ1n) is 4.97. The van der Waals surface area contributed by atoms with Gasteiger partial charge in [0.15, 0.2) is 0 Å². The van der Waals surface area contributed by atoms with Gasteiger partial charge in [-0.15, -0.1) is 0 Å². The molecule has 2 rings (SSSR count). The molecule has 0 fully saturated rings. The van der Waals surface area contributed by atoms with Gasteiger partial charge in [-0.05, 0) is 40.3 Å². The number of aromatic nitrogens is 2. The van der Waals surface area contributed by atoms with Crippen molar-refractivity contribution in [3.63, 3.8) is 0 Å². The van der Waals surface area contributed by atoms with E-state index in [1.165, 1.54) is 0 Å². The van der Waals surface area contributed by atoms with Gasteiger partial charge < -0.3 is 9.67 Å². The van der Waals surface area contributed by atoms with Gasteiger partial charge in [0.25, 0.3) is 0 Å². The molecule has 0 radical (unpaired) electrons. The Balaban J connectivity index is 2.39. The Hall–Kier alpha value is -1.39. The summed E-state index contributed by atoms with van der Waals surface area (Å²) in [5.74, 6) is 0. The van der Waals surface area contributed by atoms with Gasteiger partial charge in [0.1, 0.15) is 12.2 Å². The smallest absolute Gasteiger partial charge is 0.121 e. The molecule has 4 nitrogen and oxygen atoms in total. The molecule has 1 aromatic heterocycles. The quantitative estimate of drug-likeness (QED) is 0.851. The maximum Gasteiger partial charge on any atom is 0.121 e. The van der Waals surface area contributed by atoms with E-state index in [4.69, 9.17) is 5.26 Å². The lowest BCUT2D eigenvalue weighted by Gasteiger charge is -2.12. The van der Waals surface area contributed by atoms with Gasteiger partial charge in [0.05, 0.1) is 23.8 Å². The minimum Gasteiger partial charge on any atom is -0.382 e. The SMILES string of the molecule is Cn1cncc1C(O)c1ccc(C#N)c(I)c1. The van der Waals surface area contributed by atoms with Crippen LogP contribution in [0.2, 0.25) is 0 Å². The van der Waals surface area contributed by atoms with Gasteiger partial charge in [0, 0.05) is 10.6 Å². The minimum absolute atomic E-state index is 0.617. The highest BCUT2D eigenvalue weighted by molar-refractivity contribution is 14.1. The molecule has 0 aliphatic heterocycles. The standard InChI is InChI=1S/C12H10IN3O/c1-16-7-15-6-11(16)12(17)8-2-3-9(5-14)10(13)4-8/h2-4,6-7,12,17H,1H3. The lowest BCUT2D eigenvalue weighted by molar-refractivity contribution is 0.211. The minimum atomic E-state index is -0.719. The normalized spacial score (nSPS) is 12.1. The summed E-state index contributed by atoms with van der Waals surface area (Å²) in [6.45, 7) is 0. The van der Waals surface area contributed by atoms with Crippen molar-refractivity contribution in [1.82, 2.24) is 9.55 Å². The van der Waals surface area contributed by atoms with Crippen LogP contribution in [-0.4, -0.2) is 14.7 Å². The Morgan fingerprint density at radius 1 is 1.53 bits per heavy atom. The van der Waals surface area contributed by atoms with Crippen LogP contribution in [0.25, 0.3) is 0 Å². The van der Waals surface area contributed by atoms with Crippen molar-refractivity contribution in [1.29, 1.82) is 5.26 Å². The van der Waals surface area contributed by atoms with Gasteiger partial charge >= 0.3 is 0 Å². The summed E-state index contributed by atoms with van der Waals surface area (Å²) in [5.41, 5.74) is 2.11. The molecule has 0 saturated heterocycles. The maximum absolute atomic E-state index is 10.2. The van der Waals surface area contributed by atoms with Crippen LogP contribution in [0.1, 0.15) is 22.9 Å². The number of hydrogen-bond donors (Lipinski definition) is 1. The van der Waals surface area contributed by atoms with E-state index in [9.17, 15) is 5.11 Å². The van der Waals surface area contributed by atoms with Gasteiger partial charge in [0.2, 0.25) is 0 Å². The van der Waals surface area contributed by atoms with Crippen molar-refractivity contribution < 1.29 is 5.11 Å². The molecule has 1 unspecified atom stereocenters. The molecule has 0 aliphatic carbocycles. The second-order valence-corrected chi connectivity index (χ2v) is 4.85. The Morgan fingerprint density at radius 2 is 2.29 bits per heavy atom. The van der Waals surface area contributed by atoms with Gasteiger partial charge in [-0.25, -0.2) is 4.98 Å². The zero-order valence-electron chi connectivity index (χ0n) is 9.13. The number of aryl methyl sites for hydroxylation is 1. The predicted molar refractivity (Wildman–Crippen MR) is 71.1 cm³/mol. The Labute approximate surface area is 113 Å². The van der Waals surface area contributed by atoms with Crippen molar-refractivity contribution in [3.8, 4) is 6.07 Å². The molecule has 2 aromatic rings. The van der Waals surface area contributed by atoms with E-state index in [2.05, 4.69) is 33.6 Å². The average Bonchev–Trinajstić information content (AvgIpc) is 2.74. The lowest BCUT2D eigenvalue weighted by atomic mass is 10.1. The summed E-state index contributed by atoms with van der Waals surface area (Å²) in [7, 11) is 1.83. The van der Waals surface area contributed by atoms with E-state index in [0.717, 1.165) is 14.8 Å². The monoisotopic (exact) mass is 339 g/mol. The fourth-order valence-electron chi connectivity index (χ4n) is 1.59. The molecule has 0 saturated carbocycles. The van der Waals surface area contributed by atoms with E-state index < -0.39 is 6.10 Å². The zero-order valence-corrected chi connectivity index (χ0v) is 11.3. The Kier molecular flexibility index (Phi) is 3.45. The molecule has 5 heteroatoms. The molecule has 0 bridgehead atoms. The van der Waals surface area contributed by atoms with Crippen LogP contribution in [0.5, 0.6) is 0 Å². The van der Waals surface area contributed by atoms with Crippen LogP contribution in [-0.2, 0) is 7.05 Å². The van der Waals surface area contributed by atoms with Crippen molar-refractivity contribution >= 4 is 22.6 Å². The van der Waals surface area contributed by atoms with Crippen LogP contribution in [0, 0.1) is 14.9 Å². The van der Waals surface area contributed by atoms with Gasteiger partial charge in [-0.3, -0.25) is 0 Å². The molecule has 17 heavy (non-hydrogen) atoms. The van der Waals surface area contributed by atoms with Crippen molar-refractivity contribution in [2.24, 2.45) is 7.05 Å². The zero-order chi connectivity index (χ0) is 12.4. The van der Waals surface area contributed by atoms with Crippen LogP contribution in [0.15, 0.2) is 30.7 Å². The molecular weight excluding hydrogens is 329 g/mol. The Bertz CT molecular complexity index is 586. The van der Waals surface area contributed by atoms with E-state index in [1.54, 1.807) is 29.2 Å². The van der Waals surface area contributed by atoms with E-state index in [-0.39, 0.29) is 0 Å². The number of benzene rings is 1. The summed E-state index contributed by atoms with van der Waals surface area (Å²) in [4.78, 5) is 3.97. The molecule has 1 heterocycles. The fourth-order valence-corrected chi connectivity index (χ4v) is 2.25. The average molecular weight is 339 g/mol. The van der Waals surface area contributed by atoms with Gasteiger partial charge in [-0.1, -0.05) is 6.07 Å². The summed E-state index contributed by atoms with van der Waals surface area (Å²) >= 11 is 2.09. The maximum atomic E-state index is 10.2. The largest absolute Gasteiger partial charge is 0.382 e. The number of hydrogen-bond acceptors (Lipinski definition) is 3. The third-order valence-electron chi connectivity index (χ3n) is 2.56. The second-order valence-electron chi connectivity index (χ2n) is 3.68. The Morgan fingerprint density at radius 3 is 2.82 bits per heavy atom. The van der Waals surface area contributed by atoms with E-state index in [0.29, 0.717) is 5.56 Å². The number of nitrogens with zero attached hydrogens (tertiary/aromatic N) is 3. The summed E-state index contributed by atoms with van der Waals surface area (Å²) in [6.07, 6.45) is 2.56. The summed E-state index contributed by atoms with van der Waals surface area (Å²) in [5, 5.41) is 19.0. The molecule has 1 atom stereocenters. The third kappa shape index (κ3) is 2.33. The molecule has 0 amide bonds. The molecule has 1 N–H and O–H groups in total. The number of aliphatic hydroxyl groups excluding tert-OH is 1. The van der Waals surface area contributed by atoms with Crippen LogP contribution in [0.3, 0.4) is 0 Å². The van der Waals surface area contributed by atoms with Crippen molar-refractivity contribution in [3.05, 3.63) is 51.1 Å². The van der Waals surface area contributed by atoms with E-state index >= 15 is 0 Å². The lowest BCUT2D eigenvalue weighted by Crippen LogP contribution is -2.05. The molecule has 1 aromatic carbocycles. The molecule has 86 valence electrons. The number of aliphatic hydroxyl groups is 1. The molecular formula is C12H10IN3O. The number of rotatable bonds is 2. The summed E-state index contributed by atoms with van der Waals surface area (Å²) in [6, 6.07) is 7.40. The highest BCUT2D eigenvalue weighted by atomic mass is 127. The first kappa shape index (κ1) is 12.1. The predicted octanol–water partition coefficient (Wildman–Crippen LogP) is 1.98. The number of halogens is 1. The van der Waals surface area contributed by atoms with Gasteiger partial charge in [-0.2, -0.15) is 5.26 Å². The molecule has 0 aliphatic rings. The molecule has 0 spiro atoms. The fraction of sp³-hybridized carbons (Fsp3) is 0.167. The first-order valence-corrected chi connectivity index (χ1v) is 6.05.